The van der Waals surface area contributed by atoms with Crippen molar-refractivity contribution in [1.29, 1.82) is 0 Å². The number of carbonyl (C=O) groups is 1. The Morgan fingerprint density at radius 2 is 2.21 bits per heavy atom. The number of amides is 1. The fourth-order valence-electron chi connectivity index (χ4n) is 2.28. The van der Waals surface area contributed by atoms with Gasteiger partial charge in [0.1, 0.15) is 0 Å². The Morgan fingerprint density at radius 3 is 2.74 bits per heavy atom. The third kappa shape index (κ3) is 2.73. The first-order valence-electron chi connectivity index (χ1n) is 6.29. The summed E-state index contributed by atoms with van der Waals surface area (Å²) in [4.78, 5) is 22.3. The van der Waals surface area contributed by atoms with Gasteiger partial charge in [-0.3, -0.25) is 14.9 Å². The maximum absolute atomic E-state index is 12.0. The van der Waals surface area contributed by atoms with Crippen LogP contribution in [0.1, 0.15) is 24.8 Å². The van der Waals surface area contributed by atoms with Crippen molar-refractivity contribution in [3.05, 3.63) is 39.9 Å². The average molecular weight is 263 g/mol. The molecule has 19 heavy (non-hydrogen) atoms. The Kier molecular flexibility index (Phi) is 3.80. The fraction of sp³-hybridized carbons (Fsp3) is 0.462. The van der Waals surface area contributed by atoms with Crippen LogP contribution in [0.15, 0.2) is 24.3 Å². The van der Waals surface area contributed by atoms with Crippen molar-refractivity contribution in [2.24, 2.45) is 11.1 Å². The Labute approximate surface area is 111 Å². The molecule has 0 atom stereocenters. The van der Waals surface area contributed by atoms with Crippen molar-refractivity contribution < 1.29 is 9.72 Å². The summed E-state index contributed by atoms with van der Waals surface area (Å²) in [6.07, 6.45) is 2.68. The molecule has 0 bridgehead atoms. The van der Waals surface area contributed by atoms with Gasteiger partial charge in [0.15, 0.2) is 0 Å². The highest BCUT2D eigenvalue weighted by molar-refractivity contribution is 5.83. The molecule has 3 N–H and O–H groups in total. The van der Waals surface area contributed by atoms with Gasteiger partial charge in [0.2, 0.25) is 5.91 Å². The van der Waals surface area contributed by atoms with Crippen LogP contribution >= 0.6 is 0 Å². The van der Waals surface area contributed by atoms with Gasteiger partial charge in [0.25, 0.3) is 5.69 Å². The maximum Gasteiger partial charge on any atom is 0.269 e. The van der Waals surface area contributed by atoms with Crippen LogP contribution in [0.3, 0.4) is 0 Å². The molecule has 0 unspecified atom stereocenters. The molecule has 1 saturated carbocycles. The lowest BCUT2D eigenvalue weighted by Gasteiger charge is -2.39. The summed E-state index contributed by atoms with van der Waals surface area (Å²) < 4.78 is 0. The van der Waals surface area contributed by atoms with Crippen LogP contribution in [0.25, 0.3) is 0 Å². The number of carbonyl (C=O) groups excluding carboxylic acids is 1. The van der Waals surface area contributed by atoms with E-state index in [0.29, 0.717) is 18.7 Å². The van der Waals surface area contributed by atoms with E-state index in [1.165, 1.54) is 12.1 Å². The lowest BCUT2D eigenvalue weighted by Crippen LogP contribution is -2.50. The Morgan fingerprint density at radius 1 is 1.47 bits per heavy atom. The minimum atomic E-state index is -0.446. The number of nitrogens with one attached hydrogen (secondary N) is 1. The predicted molar refractivity (Wildman–Crippen MR) is 70.3 cm³/mol. The van der Waals surface area contributed by atoms with Crippen molar-refractivity contribution in [3.8, 4) is 0 Å². The van der Waals surface area contributed by atoms with E-state index < -0.39 is 10.3 Å². The lowest BCUT2D eigenvalue weighted by molar-refractivity contribution is -0.384. The second-order valence-electron chi connectivity index (χ2n) is 4.95. The Bertz CT molecular complexity index is 492. The summed E-state index contributed by atoms with van der Waals surface area (Å²) >= 11 is 0. The molecule has 1 fully saturated rings. The molecule has 1 aliphatic carbocycles. The topological polar surface area (TPSA) is 98.3 Å². The highest BCUT2D eigenvalue weighted by Crippen LogP contribution is 2.40. The number of hydrogen-bond acceptors (Lipinski definition) is 4. The zero-order valence-electron chi connectivity index (χ0n) is 10.6. The van der Waals surface area contributed by atoms with Crippen molar-refractivity contribution in [3.63, 3.8) is 0 Å². The first-order chi connectivity index (χ1) is 9.07. The summed E-state index contributed by atoms with van der Waals surface area (Å²) in [7, 11) is 0. The van der Waals surface area contributed by atoms with E-state index in [9.17, 15) is 14.9 Å². The standard InChI is InChI=1S/C13H17N3O3/c14-9-13(5-2-6-13)12(17)15-8-10-3-1-4-11(7-10)16(18)19/h1,3-4,7H,2,5-6,8-9,14H2,(H,15,17). The molecule has 0 heterocycles. The van der Waals surface area contributed by atoms with Gasteiger partial charge in [0, 0.05) is 25.2 Å². The molecule has 6 nitrogen and oxygen atoms in total. The van der Waals surface area contributed by atoms with Crippen molar-refractivity contribution >= 4 is 11.6 Å². The summed E-state index contributed by atoms with van der Waals surface area (Å²) in [6.45, 7) is 0.649. The highest BCUT2D eigenvalue weighted by Gasteiger charge is 2.42. The van der Waals surface area contributed by atoms with Gasteiger partial charge in [-0.05, 0) is 18.4 Å². The van der Waals surface area contributed by atoms with Gasteiger partial charge in [-0.2, -0.15) is 0 Å². The van der Waals surface area contributed by atoms with E-state index in [4.69, 9.17) is 5.73 Å². The van der Waals surface area contributed by atoms with Gasteiger partial charge < -0.3 is 11.1 Å². The molecule has 1 aromatic carbocycles. The van der Waals surface area contributed by atoms with Gasteiger partial charge in [0.05, 0.1) is 10.3 Å². The second kappa shape index (κ2) is 5.36. The number of non-ortho nitro benzene ring substituents is 1. The van der Waals surface area contributed by atoms with Gasteiger partial charge in [-0.15, -0.1) is 0 Å². The van der Waals surface area contributed by atoms with E-state index in [-0.39, 0.29) is 11.6 Å². The van der Waals surface area contributed by atoms with Crippen LogP contribution in [-0.2, 0) is 11.3 Å². The van der Waals surface area contributed by atoms with Crippen LogP contribution in [-0.4, -0.2) is 17.4 Å². The number of nitro benzene ring substituents is 1. The van der Waals surface area contributed by atoms with Crippen molar-refractivity contribution in [2.45, 2.75) is 25.8 Å². The van der Waals surface area contributed by atoms with Gasteiger partial charge in [-0.1, -0.05) is 18.6 Å². The highest BCUT2D eigenvalue weighted by atomic mass is 16.6. The molecule has 2 rings (SSSR count). The quantitative estimate of drug-likeness (QED) is 0.618. The predicted octanol–water partition coefficient (Wildman–Crippen LogP) is 1.34. The van der Waals surface area contributed by atoms with E-state index >= 15 is 0 Å². The molecular formula is C13H17N3O3. The van der Waals surface area contributed by atoms with Crippen LogP contribution in [0, 0.1) is 15.5 Å². The van der Waals surface area contributed by atoms with Crippen LogP contribution in [0.4, 0.5) is 5.69 Å². The number of nitrogens with two attached hydrogens (primary N) is 1. The molecule has 0 radical (unpaired) electrons. The zero-order valence-corrected chi connectivity index (χ0v) is 10.6. The van der Waals surface area contributed by atoms with Crippen molar-refractivity contribution in [2.75, 3.05) is 6.54 Å². The lowest BCUT2D eigenvalue weighted by atomic mass is 9.68. The van der Waals surface area contributed by atoms with E-state index in [2.05, 4.69) is 5.32 Å². The fourth-order valence-corrected chi connectivity index (χ4v) is 2.28. The summed E-state index contributed by atoms with van der Waals surface area (Å²) in [5.74, 6) is -0.0484. The Balaban J connectivity index is 1.97. The number of nitrogens with zero attached hydrogens (tertiary/aromatic N) is 1. The Hall–Kier alpha value is -1.95. The molecule has 1 aromatic rings. The molecule has 0 saturated heterocycles. The summed E-state index contributed by atoms with van der Waals surface area (Å²) in [5, 5.41) is 13.5. The van der Waals surface area contributed by atoms with E-state index in [1.807, 2.05) is 0 Å². The SMILES string of the molecule is NCC1(C(=O)NCc2cccc([N+](=O)[O-])c2)CCC1. The molecule has 0 aromatic heterocycles. The van der Waals surface area contributed by atoms with Gasteiger partial charge in [-0.25, -0.2) is 0 Å². The normalized spacial score (nSPS) is 16.5. The maximum atomic E-state index is 12.0. The average Bonchev–Trinajstić information content (AvgIpc) is 2.36. The number of rotatable bonds is 5. The largest absolute Gasteiger partial charge is 0.351 e. The molecule has 0 spiro atoms. The minimum absolute atomic E-state index is 0.0314. The van der Waals surface area contributed by atoms with Crippen molar-refractivity contribution in [1.82, 2.24) is 5.32 Å². The molecular weight excluding hydrogens is 246 g/mol. The number of benzene rings is 1. The molecule has 1 aliphatic rings. The van der Waals surface area contributed by atoms with Gasteiger partial charge >= 0.3 is 0 Å². The molecule has 0 aliphatic heterocycles. The molecule has 6 heteroatoms. The van der Waals surface area contributed by atoms with E-state index in [0.717, 1.165) is 19.3 Å². The third-order valence-corrected chi connectivity index (χ3v) is 3.76. The van der Waals surface area contributed by atoms with Crippen LogP contribution < -0.4 is 11.1 Å². The summed E-state index contributed by atoms with van der Waals surface area (Å²) in [6, 6.07) is 6.26. The first-order valence-corrected chi connectivity index (χ1v) is 6.29. The second-order valence-corrected chi connectivity index (χ2v) is 4.95. The van der Waals surface area contributed by atoms with Crippen LogP contribution in [0.2, 0.25) is 0 Å². The first kappa shape index (κ1) is 13.5. The van der Waals surface area contributed by atoms with Crippen LogP contribution in [0.5, 0.6) is 0 Å². The molecule has 102 valence electrons. The monoisotopic (exact) mass is 263 g/mol. The number of nitro groups is 1. The third-order valence-electron chi connectivity index (χ3n) is 3.76. The zero-order chi connectivity index (χ0) is 13.9. The number of hydrogen-bond donors (Lipinski definition) is 2. The molecule has 1 amide bonds. The summed E-state index contributed by atoms with van der Waals surface area (Å²) in [5.41, 5.74) is 5.98. The van der Waals surface area contributed by atoms with E-state index in [1.54, 1.807) is 12.1 Å². The minimum Gasteiger partial charge on any atom is -0.351 e. The smallest absolute Gasteiger partial charge is 0.269 e.